The first-order valence-electron chi connectivity index (χ1n) is 9.50. The Morgan fingerprint density at radius 1 is 1.28 bits per heavy atom. The molecular formula is C20H29N3O2. The molecule has 0 spiro atoms. The average Bonchev–Trinajstić information content (AvgIpc) is 2.62. The number of nitrogens with one attached hydrogen (secondary N) is 2. The van der Waals surface area contributed by atoms with Crippen molar-refractivity contribution in [3.05, 3.63) is 23.8 Å². The monoisotopic (exact) mass is 343 g/mol. The zero-order valence-electron chi connectivity index (χ0n) is 15.3. The Labute approximate surface area is 150 Å². The van der Waals surface area contributed by atoms with Gasteiger partial charge in [-0.1, -0.05) is 19.9 Å². The van der Waals surface area contributed by atoms with Crippen molar-refractivity contribution in [2.75, 3.05) is 29.9 Å². The van der Waals surface area contributed by atoms with Crippen LogP contribution in [-0.2, 0) is 16.0 Å². The molecule has 25 heavy (non-hydrogen) atoms. The highest BCUT2D eigenvalue weighted by Crippen LogP contribution is 2.34. The zero-order valence-corrected chi connectivity index (χ0v) is 15.3. The van der Waals surface area contributed by atoms with E-state index in [0.29, 0.717) is 12.3 Å². The number of carbonyl (C=O) groups is 2. The van der Waals surface area contributed by atoms with Gasteiger partial charge in [0.05, 0.1) is 0 Å². The molecule has 0 aromatic heterocycles. The van der Waals surface area contributed by atoms with Gasteiger partial charge in [-0.25, -0.2) is 0 Å². The molecule has 2 aliphatic rings. The lowest BCUT2D eigenvalue weighted by Gasteiger charge is -2.32. The van der Waals surface area contributed by atoms with E-state index in [9.17, 15) is 9.59 Å². The quantitative estimate of drug-likeness (QED) is 0.883. The van der Waals surface area contributed by atoms with Gasteiger partial charge < -0.3 is 15.5 Å². The Kier molecular flexibility index (Phi) is 5.74. The Balaban J connectivity index is 1.77. The molecular weight excluding hydrogens is 314 g/mol. The predicted octanol–water partition coefficient (Wildman–Crippen LogP) is 2.95. The van der Waals surface area contributed by atoms with E-state index in [-0.39, 0.29) is 17.7 Å². The topological polar surface area (TPSA) is 61.4 Å². The fourth-order valence-electron chi connectivity index (χ4n) is 3.72. The Morgan fingerprint density at radius 3 is 2.76 bits per heavy atom. The molecule has 5 nitrogen and oxygen atoms in total. The summed E-state index contributed by atoms with van der Waals surface area (Å²) < 4.78 is 0. The van der Waals surface area contributed by atoms with Crippen LogP contribution in [0.3, 0.4) is 0 Å². The van der Waals surface area contributed by atoms with Crippen molar-refractivity contribution < 1.29 is 9.59 Å². The lowest BCUT2D eigenvalue weighted by atomic mass is 9.93. The van der Waals surface area contributed by atoms with Crippen LogP contribution in [0.25, 0.3) is 0 Å². The van der Waals surface area contributed by atoms with Gasteiger partial charge in [0.25, 0.3) is 0 Å². The molecule has 1 aromatic rings. The van der Waals surface area contributed by atoms with E-state index in [2.05, 4.69) is 10.6 Å². The second-order valence-electron chi connectivity index (χ2n) is 7.49. The van der Waals surface area contributed by atoms with Crippen LogP contribution >= 0.6 is 0 Å². The number of amides is 2. The van der Waals surface area contributed by atoms with Gasteiger partial charge in [0.2, 0.25) is 11.8 Å². The van der Waals surface area contributed by atoms with Crippen LogP contribution in [0, 0.1) is 11.8 Å². The fraction of sp³-hybridized carbons (Fsp3) is 0.600. The van der Waals surface area contributed by atoms with Crippen LogP contribution in [0.1, 0.15) is 45.1 Å². The van der Waals surface area contributed by atoms with Crippen molar-refractivity contribution in [2.24, 2.45) is 11.8 Å². The first kappa shape index (κ1) is 17.9. The highest BCUT2D eigenvalue weighted by Gasteiger charge is 2.27. The van der Waals surface area contributed by atoms with Gasteiger partial charge in [-0.3, -0.25) is 9.59 Å². The summed E-state index contributed by atoms with van der Waals surface area (Å²) in [5.74, 6) is 0.673. The number of rotatable bonds is 4. The third kappa shape index (κ3) is 4.21. The molecule has 0 saturated carbocycles. The number of nitrogens with zero attached hydrogens (tertiary/aromatic N) is 1. The van der Waals surface area contributed by atoms with Gasteiger partial charge in [0.1, 0.15) is 0 Å². The number of anilines is 2. The first-order chi connectivity index (χ1) is 12.1. The van der Waals surface area contributed by atoms with E-state index in [4.69, 9.17) is 0 Å². The van der Waals surface area contributed by atoms with E-state index in [1.54, 1.807) is 0 Å². The minimum Gasteiger partial charge on any atom is -0.326 e. The minimum atomic E-state index is -0.0582. The molecule has 0 atom stereocenters. The van der Waals surface area contributed by atoms with Gasteiger partial charge in [0.15, 0.2) is 0 Å². The van der Waals surface area contributed by atoms with Crippen LogP contribution < -0.4 is 15.5 Å². The number of benzene rings is 1. The molecule has 1 aromatic carbocycles. The summed E-state index contributed by atoms with van der Waals surface area (Å²) in [5, 5.41) is 6.38. The standard InChI is InChI=1S/C20H29N3O2/c1-14(2)20(25)22-17-6-3-7-18-16(17)5-4-12-23(18)19(24)13-15-8-10-21-11-9-15/h3,6-7,14-15,21H,4-5,8-13H2,1-2H3,(H,22,25). The number of fused-ring (bicyclic) bond motifs is 1. The summed E-state index contributed by atoms with van der Waals surface area (Å²) >= 11 is 0. The normalized spacial score (nSPS) is 18.1. The summed E-state index contributed by atoms with van der Waals surface area (Å²) in [6, 6.07) is 5.89. The molecule has 5 heteroatoms. The second kappa shape index (κ2) is 8.00. The number of hydrogen-bond acceptors (Lipinski definition) is 3. The summed E-state index contributed by atoms with van der Waals surface area (Å²) in [4.78, 5) is 26.9. The molecule has 2 N–H and O–H groups in total. The van der Waals surface area contributed by atoms with Gasteiger partial charge >= 0.3 is 0 Å². The van der Waals surface area contributed by atoms with Gasteiger partial charge in [-0.05, 0) is 62.4 Å². The summed E-state index contributed by atoms with van der Waals surface area (Å²) in [6.45, 7) is 6.58. The van der Waals surface area contributed by atoms with Crippen LogP contribution in [0.5, 0.6) is 0 Å². The molecule has 0 bridgehead atoms. The van der Waals surface area contributed by atoms with Crippen molar-refractivity contribution in [3.8, 4) is 0 Å². The molecule has 0 radical (unpaired) electrons. The molecule has 1 saturated heterocycles. The van der Waals surface area contributed by atoms with Crippen LogP contribution in [0.4, 0.5) is 11.4 Å². The Bertz CT molecular complexity index is 636. The average molecular weight is 343 g/mol. The maximum Gasteiger partial charge on any atom is 0.227 e. The molecule has 2 heterocycles. The molecule has 1 fully saturated rings. The van der Waals surface area contributed by atoms with Crippen molar-refractivity contribution in [3.63, 3.8) is 0 Å². The van der Waals surface area contributed by atoms with E-state index in [1.807, 2.05) is 36.9 Å². The second-order valence-corrected chi connectivity index (χ2v) is 7.49. The number of carbonyl (C=O) groups excluding carboxylic acids is 2. The maximum absolute atomic E-state index is 12.9. The third-order valence-corrected chi connectivity index (χ3v) is 5.26. The lowest BCUT2D eigenvalue weighted by Crippen LogP contribution is -2.38. The van der Waals surface area contributed by atoms with E-state index < -0.39 is 0 Å². The molecule has 136 valence electrons. The van der Waals surface area contributed by atoms with Crippen molar-refractivity contribution >= 4 is 23.2 Å². The Morgan fingerprint density at radius 2 is 2.04 bits per heavy atom. The number of piperidine rings is 1. The van der Waals surface area contributed by atoms with Crippen molar-refractivity contribution in [2.45, 2.75) is 46.0 Å². The summed E-state index contributed by atoms with van der Waals surface area (Å²) in [7, 11) is 0. The van der Waals surface area contributed by atoms with E-state index in [0.717, 1.165) is 62.3 Å². The van der Waals surface area contributed by atoms with Gasteiger partial charge in [-0.2, -0.15) is 0 Å². The highest BCUT2D eigenvalue weighted by atomic mass is 16.2. The predicted molar refractivity (Wildman–Crippen MR) is 101 cm³/mol. The lowest BCUT2D eigenvalue weighted by molar-refractivity contribution is -0.120. The zero-order chi connectivity index (χ0) is 17.8. The third-order valence-electron chi connectivity index (χ3n) is 5.26. The minimum absolute atomic E-state index is 0.0200. The largest absolute Gasteiger partial charge is 0.326 e. The van der Waals surface area contributed by atoms with Gasteiger partial charge in [-0.15, -0.1) is 0 Å². The van der Waals surface area contributed by atoms with Crippen LogP contribution in [-0.4, -0.2) is 31.4 Å². The number of hydrogen-bond donors (Lipinski definition) is 2. The maximum atomic E-state index is 12.9. The fourth-order valence-corrected chi connectivity index (χ4v) is 3.72. The van der Waals surface area contributed by atoms with Crippen LogP contribution in [0.2, 0.25) is 0 Å². The van der Waals surface area contributed by atoms with E-state index >= 15 is 0 Å². The van der Waals surface area contributed by atoms with E-state index in [1.165, 1.54) is 0 Å². The SMILES string of the molecule is CC(C)C(=O)Nc1cccc2c1CCCN2C(=O)CC1CCNCC1. The molecule has 2 amide bonds. The highest BCUT2D eigenvalue weighted by molar-refractivity contribution is 5.98. The first-order valence-corrected chi connectivity index (χ1v) is 9.50. The summed E-state index contributed by atoms with van der Waals surface area (Å²) in [5.41, 5.74) is 2.93. The van der Waals surface area contributed by atoms with Crippen LogP contribution in [0.15, 0.2) is 18.2 Å². The molecule has 0 aliphatic carbocycles. The Hall–Kier alpha value is -1.88. The smallest absolute Gasteiger partial charge is 0.227 e. The summed E-state index contributed by atoms with van der Waals surface area (Å²) in [6.07, 6.45) is 4.64. The van der Waals surface area contributed by atoms with Gasteiger partial charge in [0, 0.05) is 30.3 Å². The molecule has 0 unspecified atom stereocenters. The molecule has 3 rings (SSSR count). The van der Waals surface area contributed by atoms with Crippen molar-refractivity contribution in [1.82, 2.24) is 5.32 Å². The van der Waals surface area contributed by atoms with Crippen molar-refractivity contribution in [1.29, 1.82) is 0 Å². The molecule has 2 aliphatic heterocycles.